The van der Waals surface area contributed by atoms with Gasteiger partial charge in [-0.1, -0.05) is 12.1 Å². The summed E-state index contributed by atoms with van der Waals surface area (Å²) in [6, 6.07) is 8.76. The van der Waals surface area contributed by atoms with Crippen molar-refractivity contribution in [3.05, 3.63) is 87.5 Å². The Labute approximate surface area is 167 Å². The number of halogens is 5. The zero-order valence-electron chi connectivity index (χ0n) is 15.5. The fourth-order valence-electron chi connectivity index (χ4n) is 3.42. The monoisotopic (exact) mass is 419 g/mol. The summed E-state index contributed by atoms with van der Waals surface area (Å²) in [6.07, 6.45) is -4.25. The van der Waals surface area contributed by atoms with Crippen LogP contribution in [-0.2, 0) is 12.6 Å². The molecule has 0 amide bonds. The van der Waals surface area contributed by atoms with Crippen LogP contribution >= 0.6 is 0 Å². The maximum Gasteiger partial charge on any atom is 0.416 e. The number of nitrogens with zero attached hydrogens (tertiary/aromatic N) is 3. The third kappa shape index (κ3) is 3.62. The Morgan fingerprint density at radius 2 is 1.73 bits per heavy atom. The predicted octanol–water partition coefficient (Wildman–Crippen LogP) is 4.77. The molecule has 4 rings (SSSR count). The van der Waals surface area contributed by atoms with E-state index in [2.05, 4.69) is 10.1 Å². The van der Waals surface area contributed by atoms with Crippen LogP contribution in [0.25, 0.3) is 11.3 Å². The first-order valence-corrected chi connectivity index (χ1v) is 8.94. The molecule has 3 aromatic rings. The number of hydrogen-bond acceptors (Lipinski definition) is 3. The third-order valence-electron chi connectivity index (χ3n) is 4.96. The minimum Gasteiger partial charge on any atom is -0.267 e. The molecule has 4 nitrogen and oxygen atoms in total. The van der Waals surface area contributed by atoms with Crippen molar-refractivity contribution in [3.8, 4) is 11.3 Å². The van der Waals surface area contributed by atoms with E-state index in [1.807, 2.05) is 0 Å². The Bertz CT molecular complexity index is 1210. The lowest BCUT2D eigenvalue weighted by atomic mass is 9.90. The predicted molar refractivity (Wildman–Crippen MR) is 100 cm³/mol. The molecule has 2 heterocycles. The van der Waals surface area contributed by atoms with Crippen LogP contribution < -0.4 is 5.56 Å². The first-order valence-electron chi connectivity index (χ1n) is 8.94. The van der Waals surface area contributed by atoms with E-state index < -0.39 is 34.9 Å². The molecule has 0 bridgehead atoms. The lowest BCUT2D eigenvalue weighted by Gasteiger charge is -2.24. The Kier molecular flexibility index (Phi) is 4.76. The first kappa shape index (κ1) is 19.9. The van der Waals surface area contributed by atoms with Gasteiger partial charge in [0.1, 0.15) is 17.5 Å². The van der Waals surface area contributed by atoms with Crippen molar-refractivity contribution in [2.24, 2.45) is 5.10 Å². The van der Waals surface area contributed by atoms with Gasteiger partial charge in [-0.15, -0.1) is 0 Å². The van der Waals surface area contributed by atoms with Gasteiger partial charge in [-0.25, -0.2) is 13.8 Å². The van der Waals surface area contributed by atoms with Crippen LogP contribution in [0.1, 0.15) is 29.8 Å². The van der Waals surface area contributed by atoms with E-state index in [9.17, 15) is 26.7 Å². The Balaban J connectivity index is 1.73. The number of hydrogen-bond donors (Lipinski definition) is 0. The van der Waals surface area contributed by atoms with E-state index >= 15 is 0 Å². The Hall–Kier alpha value is -3.36. The zero-order chi connectivity index (χ0) is 21.6. The van der Waals surface area contributed by atoms with Crippen LogP contribution in [0.4, 0.5) is 22.0 Å². The van der Waals surface area contributed by atoms with Gasteiger partial charge in [-0.3, -0.25) is 4.79 Å². The molecule has 2 aromatic carbocycles. The molecule has 9 heteroatoms. The lowest BCUT2D eigenvalue weighted by molar-refractivity contribution is -0.137. The molecule has 1 aliphatic heterocycles. The maximum absolute atomic E-state index is 14.1. The van der Waals surface area contributed by atoms with Crippen LogP contribution in [0.15, 0.2) is 58.4 Å². The van der Waals surface area contributed by atoms with E-state index in [0.717, 1.165) is 28.9 Å². The molecule has 0 saturated heterocycles. The third-order valence-corrected chi connectivity index (χ3v) is 4.96. The van der Waals surface area contributed by atoms with Gasteiger partial charge in [0.15, 0.2) is 0 Å². The highest BCUT2D eigenvalue weighted by Crippen LogP contribution is 2.32. The van der Waals surface area contributed by atoms with Gasteiger partial charge in [0.25, 0.3) is 5.56 Å². The molecule has 0 aliphatic carbocycles. The minimum absolute atomic E-state index is 0.0321. The molecule has 30 heavy (non-hydrogen) atoms. The number of rotatable bonds is 2. The van der Waals surface area contributed by atoms with Gasteiger partial charge in [0, 0.05) is 35.7 Å². The molecule has 1 atom stereocenters. The summed E-state index contributed by atoms with van der Waals surface area (Å²) in [7, 11) is 0. The van der Waals surface area contributed by atoms with Crippen LogP contribution in [0.2, 0.25) is 0 Å². The number of alkyl halides is 3. The van der Waals surface area contributed by atoms with Crippen LogP contribution in [0, 0.1) is 11.6 Å². The smallest absolute Gasteiger partial charge is 0.267 e. The summed E-state index contributed by atoms with van der Waals surface area (Å²) < 4.78 is 66.9. The van der Waals surface area contributed by atoms with Crippen LogP contribution in [0.3, 0.4) is 0 Å². The molecule has 0 N–H and O–H groups in total. The van der Waals surface area contributed by atoms with E-state index in [-0.39, 0.29) is 23.5 Å². The van der Waals surface area contributed by atoms with Crippen molar-refractivity contribution in [2.75, 3.05) is 0 Å². The van der Waals surface area contributed by atoms with Gasteiger partial charge in [0.05, 0.1) is 11.3 Å². The highest BCUT2D eigenvalue weighted by molar-refractivity contribution is 5.89. The topological polar surface area (TPSA) is 47.2 Å². The van der Waals surface area contributed by atoms with Crippen molar-refractivity contribution >= 4 is 5.71 Å². The number of benzene rings is 2. The second kappa shape index (κ2) is 7.16. The molecular formula is C21H14F5N3O. The van der Waals surface area contributed by atoms with E-state index in [1.54, 1.807) is 6.92 Å². The highest BCUT2D eigenvalue weighted by atomic mass is 19.4. The summed E-state index contributed by atoms with van der Waals surface area (Å²) in [4.78, 5) is 16.8. The maximum atomic E-state index is 14.1. The van der Waals surface area contributed by atoms with E-state index in [0.29, 0.717) is 17.3 Å². The van der Waals surface area contributed by atoms with Gasteiger partial charge in [0.2, 0.25) is 0 Å². The van der Waals surface area contributed by atoms with Crippen molar-refractivity contribution in [1.82, 2.24) is 9.66 Å². The summed E-state index contributed by atoms with van der Waals surface area (Å²) >= 11 is 0. The summed E-state index contributed by atoms with van der Waals surface area (Å²) in [5.41, 5.74) is -0.182. The normalized spacial score (nSPS) is 16.2. The average Bonchev–Trinajstić information content (AvgIpc) is 2.67. The molecule has 1 aromatic heterocycles. The van der Waals surface area contributed by atoms with Crippen LogP contribution in [0.5, 0.6) is 0 Å². The molecule has 0 saturated carbocycles. The summed E-state index contributed by atoms with van der Waals surface area (Å²) in [5.74, 6) is -1.78. The average molecular weight is 419 g/mol. The quantitative estimate of drug-likeness (QED) is 0.562. The lowest BCUT2D eigenvalue weighted by Crippen LogP contribution is -2.30. The Morgan fingerprint density at radius 1 is 1.03 bits per heavy atom. The summed E-state index contributed by atoms with van der Waals surface area (Å²) in [5, 5.41) is 4.23. The highest BCUT2D eigenvalue weighted by Gasteiger charge is 2.31. The largest absolute Gasteiger partial charge is 0.416 e. The second-order valence-corrected chi connectivity index (χ2v) is 6.95. The molecule has 0 fully saturated rings. The fourth-order valence-corrected chi connectivity index (χ4v) is 3.42. The SMILES string of the molecule is CC1=Nn2c(nc(-c3ccc(F)cc3F)cc2=O)CC1c1ccc(C(F)(F)F)cc1. The molecular weight excluding hydrogens is 405 g/mol. The van der Waals surface area contributed by atoms with Gasteiger partial charge < -0.3 is 0 Å². The molecule has 0 spiro atoms. The van der Waals surface area contributed by atoms with Crippen LogP contribution in [-0.4, -0.2) is 15.4 Å². The van der Waals surface area contributed by atoms with Crippen molar-refractivity contribution in [1.29, 1.82) is 0 Å². The molecule has 1 aliphatic rings. The molecule has 154 valence electrons. The number of fused-ring (bicyclic) bond motifs is 1. The number of aromatic nitrogens is 2. The fraction of sp³-hybridized carbons (Fsp3) is 0.190. The second-order valence-electron chi connectivity index (χ2n) is 6.95. The van der Waals surface area contributed by atoms with Gasteiger partial charge in [-0.05, 0) is 36.8 Å². The minimum atomic E-state index is -4.44. The van der Waals surface area contributed by atoms with Gasteiger partial charge >= 0.3 is 6.18 Å². The van der Waals surface area contributed by atoms with Crippen molar-refractivity contribution < 1.29 is 22.0 Å². The van der Waals surface area contributed by atoms with E-state index in [4.69, 9.17) is 0 Å². The first-order chi connectivity index (χ1) is 14.1. The Morgan fingerprint density at radius 3 is 2.37 bits per heavy atom. The van der Waals surface area contributed by atoms with Crippen molar-refractivity contribution in [3.63, 3.8) is 0 Å². The standard InChI is InChI=1S/C21H14F5N3O/c1-11-16(12-2-4-13(5-3-12)21(24,25)26)9-19-27-18(10-20(30)29(19)28-11)15-7-6-14(22)8-17(15)23/h2-8,10,16H,9H2,1H3. The van der Waals surface area contributed by atoms with E-state index in [1.165, 1.54) is 18.2 Å². The zero-order valence-corrected chi connectivity index (χ0v) is 15.5. The molecule has 0 radical (unpaired) electrons. The van der Waals surface area contributed by atoms with Gasteiger partial charge in [-0.2, -0.15) is 22.9 Å². The summed E-state index contributed by atoms with van der Waals surface area (Å²) in [6.45, 7) is 1.67. The van der Waals surface area contributed by atoms with Crippen molar-refractivity contribution in [2.45, 2.75) is 25.4 Å². The molecule has 1 unspecified atom stereocenters.